The summed E-state index contributed by atoms with van der Waals surface area (Å²) >= 11 is 0. The van der Waals surface area contributed by atoms with Crippen LogP contribution in [0, 0.1) is 0 Å². The Morgan fingerprint density at radius 3 is 3.06 bits per heavy atom. The maximum absolute atomic E-state index is 9.73. The van der Waals surface area contributed by atoms with E-state index in [1.807, 2.05) is 23.8 Å². The number of aliphatic hydroxyl groups is 1. The van der Waals surface area contributed by atoms with Crippen LogP contribution in [0.3, 0.4) is 0 Å². The normalized spacial score (nSPS) is 12.6. The second-order valence-electron chi connectivity index (χ2n) is 4.21. The zero-order chi connectivity index (χ0) is 13.0. The third-order valence-corrected chi connectivity index (χ3v) is 2.76. The standard InChI is InChI=1S/C12H19N5O/c1-3-4-9(18)7-15-11-12-14-5-6-17(12)8-10(13-2)16-11/h5-6,8-9,13,18H,3-4,7H2,1-2H3,(H,15,16). The molecule has 0 saturated heterocycles. The molecule has 0 radical (unpaired) electrons. The van der Waals surface area contributed by atoms with E-state index in [0.717, 1.165) is 24.3 Å². The van der Waals surface area contributed by atoms with Gasteiger partial charge in [-0.15, -0.1) is 0 Å². The predicted molar refractivity (Wildman–Crippen MR) is 71.9 cm³/mol. The summed E-state index contributed by atoms with van der Waals surface area (Å²) in [7, 11) is 1.82. The van der Waals surface area contributed by atoms with E-state index in [-0.39, 0.29) is 6.10 Å². The topological polar surface area (TPSA) is 74.5 Å². The number of nitrogens with zero attached hydrogens (tertiary/aromatic N) is 3. The minimum Gasteiger partial charge on any atom is -0.391 e. The van der Waals surface area contributed by atoms with Crippen molar-refractivity contribution in [3.05, 3.63) is 18.6 Å². The molecule has 0 amide bonds. The molecule has 0 aliphatic carbocycles. The van der Waals surface area contributed by atoms with E-state index >= 15 is 0 Å². The molecule has 0 bridgehead atoms. The number of hydrogen-bond donors (Lipinski definition) is 3. The molecule has 2 aromatic rings. The number of imidazole rings is 1. The van der Waals surface area contributed by atoms with Gasteiger partial charge in [0.05, 0.1) is 12.3 Å². The number of anilines is 2. The molecule has 0 fully saturated rings. The monoisotopic (exact) mass is 249 g/mol. The molecule has 0 aromatic carbocycles. The molecule has 3 N–H and O–H groups in total. The minimum atomic E-state index is -0.356. The highest BCUT2D eigenvalue weighted by Crippen LogP contribution is 2.16. The van der Waals surface area contributed by atoms with Crippen molar-refractivity contribution >= 4 is 17.3 Å². The van der Waals surface area contributed by atoms with Gasteiger partial charge in [-0.1, -0.05) is 13.3 Å². The van der Waals surface area contributed by atoms with Gasteiger partial charge in [0.1, 0.15) is 5.82 Å². The summed E-state index contributed by atoms with van der Waals surface area (Å²) < 4.78 is 1.90. The highest BCUT2D eigenvalue weighted by atomic mass is 16.3. The minimum absolute atomic E-state index is 0.356. The molecule has 6 nitrogen and oxygen atoms in total. The summed E-state index contributed by atoms with van der Waals surface area (Å²) in [6, 6.07) is 0. The molecule has 1 unspecified atom stereocenters. The van der Waals surface area contributed by atoms with Crippen LogP contribution in [0.1, 0.15) is 19.8 Å². The van der Waals surface area contributed by atoms with Crippen molar-refractivity contribution in [3.63, 3.8) is 0 Å². The fourth-order valence-corrected chi connectivity index (χ4v) is 1.82. The highest BCUT2D eigenvalue weighted by molar-refractivity contribution is 5.65. The van der Waals surface area contributed by atoms with Crippen molar-refractivity contribution in [2.75, 3.05) is 24.2 Å². The lowest BCUT2D eigenvalue weighted by Crippen LogP contribution is -2.20. The van der Waals surface area contributed by atoms with Gasteiger partial charge < -0.3 is 20.1 Å². The number of fused-ring (bicyclic) bond motifs is 1. The van der Waals surface area contributed by atoms with Crippen LogP contribution in [0.5, 0.6) is 0 Å². The zero-order valence-electron chi connectivity index (χ0n) is 10.7. The van der Waals surface area contributed by atoms with Crippen molar-refractivity contribution in [1.29, 1.82) is 0 Å². The van der Waals surface area contributed by atoms with Gasteiger partial charge in [-0.25, -0.2) is 9.97 Å². The third-order valence-electron chi connectivity index (χ3n) is 2.76. The molecular formula is C12H19N5O. The number of aromatic nitrogens is 3. The molecule has 98 valence electrons. The number of rotatable bonds is 6. The van der Waals surface area contributed by atoms with E-state index in [4.69, 9.17) is 0 Å². The molecule has 0 aliphatic heterocycles. The maximum atomic E-state index is 9.73. The SMILES string of the molecule is CCCC(O)CNc1nc(NC)cn2ccnc12. The summed E-state index contributed by atoms with van der Waals surface area (Å²) in [4.78, 5) is 8.65. The van der Waals surface area contributed by atoms with E-state index in [9.17, 15) is 5.11 Å². The molecule has 0 saturated carbocycles. The van der Waals surface area contributed by atoms with Crippen LogP contribution >= 0.6 is 0 Å². The quantitative estimate of drug-likeness (QED) is 0.720. The van der Waals surface area contributed by atoms with E-state index in [2.05, 4.69) is 27.5 Å². The Labute approximate surface area is 106 Å². The Hall–Kier alpha value is -1.82. The summed E-state index contributed by atoms with van der Waals surface area (Å²) in [6.45, 7) is 2.53. The third kappa shape index (κ3) is 2.70. The van der Waals surface area contributed by atoms with Crippen molar-refractivity contribution in [1.82, 2.24) is 14.4 Å². The molecule has 2 aromatic heterocycles. The first-order valence-electron chi connectivity index (χ1n) is 6.18. The first-order valence-corrected chi connectivity index (χ1v) is 6.18. The number of nitrogens with one attached hydrogen (secondary N) is 2. The van der Waals surface area contributed by atoms with Crippen LogP contribution in [-0.4, -0.2) is 39.2 Å². The van der Waals surface area contributed by atoms with Crippen molar-refractivity contribution in [2.24, 2.45) is 0 Å². The predicted octanol–water partition coefficient (Wildman–Crippen LogP) is 1.34. The molecule has 0 aliphatic rings. The lowest BCUT2D eigenvalue weighted by atomic mass is 10.2. The van der Waals surface area contributed by atoms with Crippen LogP contribution in [0.2, 0.25) is 0 Å². The lowest BCUT2D eigenvalue weighted by Gasteiger charge is -2.12. The van der Waals surface area contributed by atoms with Gasteiger partial charge in [-0.05, 0) is 6.42 Å². The fourth-order valence-electron chi connectivity index (χ4n) is 1.82. The van der Waals surface area contributed by atoms with E-state index in [1.165, 1.54) is 0 Å². The van der Waals surface area contributed by atoms with E-state index in [1.54, 1.807) is 6.20 Å². The van der Waals surface area contributed by atoms with Crippen LogP contribution in [0.4, 0.5) is 11.6 Å². The fraction of sp³-hybridized carbons (Fsp3) is 0.500. The van der Waals surface area contributed by atoms with Crippen molar-refractivity contribution in [2.45, 2.75) is 25.9 Å². The van der Waals surface area contributed by atoms with Gasteiger partial charge >= 0.3 is 0 Å². The first-order chi connectivity index (χ1) is 8.74. The van der Waals surface area contributed by atoms with Crippen LogP contribution < -0.4 is 10.6 Å². The smallest absolute Gasteiger partial charge is 0.180 e. The summed E-state index contributed by atoms with van der Waals surface area (Å²) in [5, 5.41) is 15.9. The highest BCUT2D eigenvalue weighted by Gasteiger charge is 2.08. The Kier molecular flexibility index (Phi) is 3.99. The molecule has 2 heterocycles. The summed E-state index contributed by atoms with van der Waals surface area (Å²) in [6.07, 6.45) is 6.85. The summed E-state index contributed by atoms with van der Waals surface area (Å²) in [5.41, 5.74) is 0.762. The lowest BCUT2D eigenvalue weighted by molar-refractivity contribution is 0.176. The zero-order valence-corrected chi connectivity index (χ0v) is 10.7. The Morgan fingerprint density at radius 2 is 2.33 bits per heavy atom. The first kappa shape index (κ1) is 12.6. The molecule has 6 heteroatoms. The van der Waals surface area contributed by atoms with Gasteiger partial charge in [0.2, 0.25) is 0 Å². The van der Waals surface area contributed by atoms with Crippen LogP contribution in [0.15, 0.2) is 18.6 Å². The van der Waals surface area contributed by atoms with Crippen molar-refractivity contribution < 1.29 is 5.11 Å². The van der Waals surface area contributed by atoms with Gasteiger partial charge in [-0.2, -0.15) is 0 Å². The molecular weight excluding hydrogens is 230 g/mol. The Morgan fingerprint density at radius 1 is 1.50 bits per heavy atom. The summed E-state index contributed by atoms with van der Waals surface area (Å²) in [5.74, 6) is 1.44. The molecule has 0 spiro atoms. The van der Waals surface area contributed by atoms with E-state index in [0.29, 0.717) is 12.4 Å². The van der Waals surface area contributed by atoms with E-state index < -0.39 is 0 Å². The molecule has 1 atom stereocenters. The van der Waals surface area contributed by atoms with Crippen LogP contribution in [-0.2, 0) is 0 Å². The average Bonchev–Trinajstić information content (AvgIpc) is 2.84. The van der Waals surface area contributed by atoms with Gasteiger partial charge in [0.25, 0.3) is 0 Å². The molecule has 2 rings (SSSR count). The maximum Gasteiger partial charge on any atom is 0.180 e. The average molecular weight is 249 g/mol. The van der Waals surface area contributed by atoms with Gasteiger partial charge in [0.15, 0.2) is 11.5 Å². The van der Waals surface area contributed by atoms with Gasteiger partial charge in [0, 0.05) is 26.0 Å². The Bertz CT molecular complexity index is 510. The second kappa shape index (κ2) is 5.68. The number of aliphatic hydroxyl groups excluding tert-OH is 1. The van der Waals surface area contributed by atoms with Gasteiger partial charge in [-0.3, -0.25) is 0 Å². The molecule has 18 heavy (non-hydrogen) atoms. The second-order valence-corrected chi connectivity index (χ2v) is 4.21. The van der Waals surface area contributed by atoms with Crippen LogP contribution in [0.25, 0.3) is 5.65 Å². The largest absolute Gasteiger partial charge is 0.391 e. The Balaban J connectivity index is 2.18. The van der Waals surface area contributed by atoms with Crippen molar-refractivity contribution in [3.8, 4) is 0 Å². The number of hydrogen-bond acceptors (Lipinski definition) is 5.